The van der Waals surface area contributed by atoms with E-state index in [9.17, 15) is 81.7 Å². The molecule has 0 aromatic rings. The fourth-order valence-corrected chi connectivity index (χ4v) is 7.15. The van der Waals surface area contributed by atoms with Crippen molar-refractivity contribution in [2.24, 2.45) is 5.11 Å². The minimum atomic E-state index is -2.14. The highest BCUT2D eigenvalue weighted by Gasteiger charge is 2.56. The van der Waals surface area contributed by atoms with E-state index in [0.29, 0.717) is 0 Å². The minimum Gasteiger partial charge on any atom is -0.394 e. The van der Waals surface area contributed by atoms with Crippen LogP contribution in [0.4, 0.5) is 0 Å². The van der Waals surface area contributed by atoms with Crippen LogP contribution in [0.15, 0.2) is 5.11 Å². The second-order valence-electron chi connectivity index (χ2n) is 14.2. The summed E-state index contributed by atoms with van der Waals surface area (Å²) in [7, 11) is 0. The van der Waals surface area contributed by atoms with Gasteiger partial charge in [-0.15, -0.1) is 0 Å². The first kappa shape index (κ1) is 47.4. The van der Waals surface area contributed by atoms with Crippen molar-refractivity contribution in [3.05, 3.63) is 10.4 Å². The predicted octanol–water partition coefficient (Wildman–Crippen LogP) is -10.6. The molecule has 336 valence electrons. The van der Waals surface area contributed by atoms with Gasteiger partial charge in [-0.2, -0.15) is 0 Å². The summed E-state index contributed by atoms with van der Waals surface area (Å²) >= 11 is 0. The number of aliphatic hydroxyl groups excluding tert-OH is 16. The van der Waals surface area contributed by atoms with Gasteiger partial charge in [0.1, 0.15) is 116 Å². The Hall–Kier alpha value is -1.69. The first-order valence-corrected chi connectivity index (χ1v) is 18.0. The van der Waals surface area contributed by atoms with Gasteiger partial charge in [-0.1, -0.05) is 5.11 Å². The Labute approximate surface area is 326 Å². The summed E-state index contributed by atoms with van der Waals surface area (Å²) < 4.78 is 49.5. The quantitative estimate of drug-likeness (QED) is 0.0438. The van der Waals surface area contributed by atoms with E-state index in [1.54, 1.807) is 0 Å². The van der Waals surface area contributed by atoms with E-state index in [0.717, 1.165) is 0 Å². The molecular weight excluding hydrogens is 802 g/mol. The van der Waals surface area contributed by atoms with Crippen LogP contribution in [0.5, 0.6) is 0 Å². The van der Waals surface area contributed by atoms with Crippen LogP contribution in [-0.4, -0.2) is 268 Å². The van der Waals surface area contributed by atoms with Crippen LogP contribution in [0.1, 0.15) is 0 Å². The molecule has 5 fully saturated rings. The van der Waals surface area contributed by atoms with Crippen molar-refractivity contribution in [1.82, 2.24) is 0 Å². The standard InChI is InChI=1S/C30H51N3O25/c31-33-32-1-6-22(55-29-20(47)15(42)24(9(4-36)53-29)57-27-18(45)12(39)11(38)7(2-34)52-27)14(41)19(46)28(51-6)58-25-10(5-37)54-30(21(48)16(25)43)56-23-8(3-35)50-26(49)17(44)13(23)40/h6-30,34-49H,1-5H2/t6-,7-,8-,9-,10-,11-,12+,13-,14-,15-,16-,17-,18-,19-,20-,21-,22-,23-,24-,25-,26?,27-,28-,29-,30-/m1/s1. The third kappa shape index (κ3) is 9.67. The van der Waals surface area contributed by atoms with Crippen molar-refractivity contribution >= 4 is 0 Å². The fraction of sp³-hybridized carbons (Fsp3) is 1.00. The summed E-state index contributed by atoms with van der Waals surface area (Å²) in [4.78, 5) is 2.61. The topological polar surface area (TPSA) is 456 Å². The average molecular weight is 854 g/mol. The Bertz CT molecular complexity index is 1330. The van der Waals surface area contributed by atoms with Crippen molar-refractivity contribution in [3.63, 3.8) is 0 Å². The minimum absolute atomic E-state index is 0.674. The molecule has 0 bridgehead atoms. The van der Waals surface area contributed by atoms with E-state index < -0.39 is 187 Å². The van der Waals surface area contributed by atoms with Crippen molar-refractivity contribution in [2.75, 3.05) is 33.0 Å². The number of hydrogen-bond donors (Lipinski definition) is 16. The van der Waals surface area contributed by atoms with E-state index in [-0.39, 0.29) is 0 Å². The number of azide groups is 1. The Morgan fingerprint density at radius 3 is 1.07 bits per heavy atom. The van der Waals surface area contributed by atoms with Crippen LogP contribution in [0.2, 0.25) is 0 Å². The summed E-state index contributed by atoms with van der Waals surface area (Å²) in [5, 5.41) is 170. The Morgan fingerprint density at radius 1 is 0.379 bits per heavy atom. The fourth-order valence-electron chi connectivity index (χ4n) is 7.15. The molecule has 0 aromatic carbocycles. The van der Waals surface area contributed by atoms with Gasteiger partial charge < -0.3 is 124 Å². The number of ether oxygens (including phenoxy) is 9. The number of aliphatic hydroxyl groups is 16. The molecule has 16 N–H and O–H groups in total. The lowest BCUT2D eigenvalue weighted by molar-refractivity contribution is -0.391. The van der Waals surface area contributed by atoms with E-state index in [2.05, 4.69) is 10.0 Å². The zero-order valence-corrected chi connectivity index (χ0v) is 30.1. The number of nitrogens with zero attached hydrogens (tertiary/aromatic N) is 3. The normalized spacial score (nSPS) is 51.6. The summed E-state index contributed by atoms with van der Waals surface area (Å²) in [6.07, 6.45) is -46.1. The molecule has 5 heterocycles. The predicted molar refractivity (Wildman–Crippen MR) is 173 cm³/mol. The van der Waals surface area contributed by atoms with Crippen molar-refractivity contribution in [1.29, 1.82) is 0 Å². The van der Waals surface area contributed by atoms with Gasteiger partial charge >= 0.3 is 0 Å². The van der Waals surface area contributed by atoms with E-state index in [4.69, 9.17) is 48.2 Å². The molecule has 0 aromatic heterocycles. The molecule has 25 atom stereocenters. The van der Waals surface area contributed by atoms with Crippen molar-refractivity contribution < 1.29 is 124 Å². The van der Waals surface area contributed by atoms with Gasteiger partial charge in [-0.25, -0.2) is 0 Å². The third-order valence-electron chi connectivity index (χ3n) is 10.5. The van der Waals surface area contributed by atoms with Gasteiger partial charge in [-0.3, -0.25) is 0 Å². The van der Waals surface area contributed by atoms with Crippen molar-refractivity contribution in [2.45, 2.75) is 154 Å². The molecule has 1 unspecified atom stereocenters. The summed E-state index contributed by atoms with van der Waals surface area (Å²) in [6, 6.07) is 0. The van der Waals surface area contributed by atoms with Crippen LogP contribution in [-0.2, 0) is 42.6 Å². The molecule has 28 heteroatoms. The lowest BCUT2D eigenvalue weighted by Crippen LogP contribution is -2.68. The van der Waals surface area contributed by atoms with Crippen LogP contribution >= 0.6 is 0 Å². The second kappa shape index (κ2) is 20.5. The Kier molecular flexibility index (Phi) is 16.7. The molecule has 0 amide bonds. The molecule has 58 heavy (non-hydrogen) atoms. The maximum Gasteiger partial charge on any atom is 0.187 e. The highest BCUT2D eigenvalue weighted by atomic mass is 16.8. The average Bonchev–Trinajstić information content (AvgIpc) is 3.21. The molecule has 5 rings (SSSR count). The Morgan fingerprint density at radius 2 is 0.690 bits per heavy atom. The number of hydrogen-bond acceptors (Lipinski definition) is 26. The molecule has 5 aliphatic rings. The van der Waals surface area contributed by atoms with Gasteiger partial charge in [0.15, 0.2) is 31.5 Å². The molecule has 28 nitrogen and oxygen atoms in total. The van der Waals surface area contributed by atoms with Crippen LogP contribution in [0.25, 0.3) is 10.4 Å². The molecule has 0 aliphatic carbocycles. The maximum absolute atomic E-state index is 11.2. The molecule has 0 saturated carbocycles. The Balaban J connectivity index is 1.26. The van der Waals surface area contributed by atoms with Crippen LogP contribution in [0.3, 0.4) is 0 Å². The molecule has 0 spiro atoms. The van der Waals surface area contributed by atoms with Crippen LogP contribution < -0.4 is 0 Å². The first-order chi connectivity index (χ1) is 27.5. The largest absolute Gasteiger partial charge is 0.394 e. The molecular formula is C30H51N3O25. The van der Waals surface area contributed by atoms with Gasteiger partial charge in [-0.05, 0) is 5.53 Å². The highest BCUT2D eigenvalue weighted by Crippen LogP contribution is 2.35. The smallest absolute Gasteiger partial charge is 0.187 e. The van der Waals surface area contributed by atoms with Gasteiger partial charge in [0.25, 0.3) is 0 Å². The molecule has 0 radical (unpaired) electrons. The lowest BCUT2D eigenvalue weighted by atomic mass is 9.95. The monoisotopic (exact) mass is 853 g/mol. The third-order valence-corrected chi connectivity index (χ3v) is 10.5. The first-order valence-electron chi connectivity index (χ1n) is 18.0. The van der Waals surface area contributed by atoms with Crippen LogP contribution in [0, 0.1) is 0 Å². The van der Waals surface area contributed by atoms with E-state index in [1.807, 2.05) is 0 Å². The second-order valence-corrected chi connectivity index (χ2v) is 14.2. The molecule has 5 aliphatic heterocycles. The molecule has 5 saturated heterocycles. The van der Waals surface area contributed by atoms with Gasteiger partial charge in [0.2, 0.25) is 0 Å². The van der Waals surface area contributed by atoms with Gasteiger partial charge in [0, 0.05) is 4.91 Å². The lowest BCUT2D eigenvalue weighted by Gasteiger charge is -2.49. The summed E-state index contributed by atoms with van der Waals surface area (Å²) in [5.74, 6) is 0. The van der Waals surface area contributed by atoms with Gasteiger partial charge in [0.05, 0.1) is 39.1 Å². The van der Waals surface area contributed by atoms with Crippen molar-refractivity contribution in [3.8, 4) is 0 Å². The van der Waals surface area contributed by atoms with E-state index >= 15 is 0 Å². The zero-order chi connectivity index (χ0) is 42.7. The zero-order valence-electron chi connectivity index (χ0n) is 30.1. The van der Waals surface area contributed by atoms with E-state index in [1.165, 1.54) is 0 Å². The number of rotatable bonds is 14. The maximum atomic E-state index is 11.2. The SMILES string of the molecule is [N-]=[N+]=NC[C@H]1O[C@H](O[C@H]2[C@H](O)[C@@H](O)[C@@H](O[C@H]3[C@H](O)[C@@H](O)C(O)O[C@@H]3CO)O[C@@H]2CO)[C@H](O)[C@@H](O)[C@@H]1O[C@H]1O[C@H](CO)[C@@H](O[C@H]2O[C@H](CO)[C@@H](O)[C@H](O)[C@H]2O)[C@H](O)[C@H]1O. The summed E-state index contributed by atoms with van der Waals surface area (Å²) in [5.41, 5.74) is 9.01. The highest BCUT2D eigenvalue weighted by molar-refractivity contribution is 4.99. The summed E-state index contributed by atoms with van der Waals surface area (Å²) in [6.45, 7) is -4.25.